The summed E-state index contributed by atoms with van der Waals surface area (Å²) in [5.41, 5.74) is -3.34. The maximum Gasteiger partial charge on any atom is 0.178 e. The second kappa shape index (κ2) is 12.7. The summed E-state index contributed by atoms with van der Waals surface area (Å²) in [5.74, 6) is 0.739. The third-order valence-electron chi connectivity index (χ3n) is 17.6. The Morgan fingerprint density at radius 1 is 0.755 bits per heavy atom. The maximum atomic E-state index is 17.0. The molecule has 0 aromatic heterocycles. The number of rotatable bonds is 5. The van der Waals surface area contributed by atoms with Crippen molar-refractivity contribution in [2.75, 3.05) is 7.11 Å². The molecule has 8 aliphatic carbocycles. The highest BCUT2D eigenvalue weighted by Gasteiger charge is 2.72. The van der Waals surface area contributed by atoms with Crippen LogP contribution in [-0.4, -0.2) is 47.2 Å². The Bertz CT molecular complexity index is 1720. The average Bonchev–Trinajstić information content (AvgIpc) is 3.63. The van der Waals surface area contributed by atoms with Crippen LogP contribution in [0.2, 0.25) is 0 Å². The topological polar surface area (TPSA) is 77.5 Å². The van der Waals surface area contributed by atoms with E-state index in [0.29, 0.717) is 37.9 Å². The monoisotopic (exact) mass is 732 g/mol. The van der Waals surface area contributed by atoms with E-state index >= 15 is 8.78 Å². The van der Waals surface area contributed by atoms with E-state index < -0.39 is 27.8 Å². The van der Waals surface area contributed by atoms with Crippen LogP contribution < -0.4 is 0 Å². The number of hydrogen-bond acceptors (Lipinski definition) is 5. The molecule has 0 heterocycles. The van der Waals surface area contributed by atoms with Crippen LogP contribution in [0.25, 0.3) is 0 Å². The van der Waals surface area contributed by atoms with Gasteiger partial charge in [0.05, 0.1) is 0 Å². The minimum absolute atomic E-state index is 0.0118. The second-order valence-corrected chi connectivity index (χ2v) is 19.2. The Morgan fingerprint density at radius 3 is 1.96 bits per heavy atom. The standard InChI is InChI=1S/C23H31FO3.C23H31FO2/c1-5-19(26)23(27-4)11-9-17-18-7-6-15-14-16(25)8-10-20(15,2)22(18,24)13-12-21(17,23)3;1-5-20(26)19-9-8-17-18-7-6-15-12-16(25)10-11-22(15,4)23(18,24)14(2)13-21(17,19)3/h8,10,14,17-18H,5-7,9,11-13H2,1-4H3;10-12,14,17-19H,5-9,13H2,1-4H3/t17-,18-,20-,21-,22+,23-;14-,17-,18-,19?,21-,22-,23+/m00/s1. The van der Waals surface area contributed by atoms with Gasteiger partial charge in [-0.1, -0.05) is 57.9 Å². The Kier molecular flexibility index (Phi) is 9.31. The van der Waals surface area contributed by atoms with Crippen molar-refractivity contribution in [3.05, 3.63) is 47.6 Å². The van der Waals surface area contributed by atoms with E-state index in [1.807, 2.05) is 46.8 Å². The lowest BCUT2D eigenvalue weighted by atomic mass is 9.43. The Morgan fingerprint density at radius 2 is 1.36 bits per heavy atom. The van der Waals surface area contributed by atoms with Gasteiger partial charge in [0, 0.05) is 42.1 Å². The predicted molar refractivity (Wildman–Crippen MR) is 202 cm³/mol. The zero-order valence-corrected chi connectivity index (χ0v) is 33.4. The van der Waals surface area contributed by atoms with E-state index in [9.17, 15) is 19.2 Å². The first kappa shape index (κ1) is 38.7. The van der Waals surface area contributed by atoms with Gasteiger partial charge < -0.3 is 4.74 Å². The SMILES string of the molecule is CCC(=O)C1CC[C@H]2[C@@H]3CCC4=CC(=O)C=C[C@]4(C)[C@@]3(F)[C@@H](C)C[C@]12C.CCC(=O)[C@@]1(OC)CC[C@H]2[C@@H]3CCC4=CC(=O)C=C[C@]4(C)[C@@]3(F)CC[C@@]21C. The first-order chi connectivity index (χ1) is 24.9. The lowest BCUT2D eigenvalue weighted by Gasteiger charge is -2.62. The molecule has 6 fully saturated rings. The third kappa shape index (κ3) is 4.92. The minimum atomic E-state index is -1.36. The summed E-state index contributed by atoms with van der Waals surface area (Å²) in [6.45, 7) is 14.3. The molecule has 0 aromatic rings. The van der Waals surface area contributed by atoms with Gasteiger partial charge in [-0.25, -0.2) is 8.78 Å². The van der Waals surface area contributed by atoms with Crippen LogP contribution in [0.4, 0.5) is 8.78 Å². The van der Waals surface area contributed by atoms with Crippen LogP contribution in [0.15, 0.2) is 47.6 Å². The smallest absolute Gasteiger partial charge is 0.178 e. The number of ketones is 4. The van der Waals surface area contributed by atoms with Gasteiger partial charge >= 0.3 is 0 Å². The Balaban J connectivity index is 0.000000164. The highest BCUT2D eigenvalue weighted by Crippen LogP contribution is 2.72. The molecule has 13 atom stereocenters. The van der Waals surface area contributed by atoms with Gasteiger partial charge in [-0.05, 0) is 144 Å². The van der Waals surface area contributed by atoms with Gasteiger partial charge in [-0.15, -0.1) is 0 Å². The lowest BCUT2D eigenvalue weighted by Crippen LogP contribution is -2.63. The minimum Gasteiger partial charge on any atom is -0.370 e. The molecule has 8 rings (SSSR count). The van der Waals surface area contributed by atoms with Crippen molar-refractivity contribution < 1.29 is 32.7 Å². The van der Waals surface area contributed by atoms with Crippen LogP contribution in [0.3, 0.4) is 0 Å². The summed E-state index contributed by atoms with van der Waals surface area (Å²) in [5, 5.41) is 0. The number of carbonyl (C=O) groups excluding carboxylic acids is 4. The summed E-state index contributed by atoms with van der Waals surface area (Å²) in [6.07, 6.45) is 19.5. The van der Waals surface area contributed by atoms with Crippen LogP contribution in [-0.2, 0) is 23.9 Å². The summed E-state index contributed by atoms with van der Waals surface area (Å²) < 4.78 is 39.7. The van der Waals surface area contributed by atoms with E-state index in [1.165, 1.54) is 6.08 Å². The van der Waals surface area contributed by atoms with Crippen LogP contribution in [0.5, 0.6) is 0 Å². The summed E-state index contributed by atoms with van der Waals surface area (Å²) in [6, 6.07) is 0. The van der Waals surface area contributed by atoms with E-state index in [1.54, 1.807) is 25.3 Å². The van der Waals surface area contributed by atoms with Crippen molar-refractivity contribution in [2.24, 2.45) is 57.2 Å². The normalized spacial score (nSPS) is 49.2. The maximum absolute atomic E-state index is 17.0. The number of carbonyl (C=O) groups is 4. The second-order valence-electron chi connectivity index (χ2n) is 19.2. The van der Waals surface area contributed by atoms with E-state index in [2.05, 4.69) is 13.8 Å². The Hall–Kier alpha value is -2.54. The van der Waals surface area contributed by atoms with Gasteiger partial charge in [-0.3, -0.25) is 19.2 Å². The number of allylic oxidation sites excluding steroid dienone is 8. The van der Waals surface area contributed by atoms with Gasteiger partial charge in [0.25, 0.3) is 0 Å². The molecule has 290 valence electrons. The molecule has 0 aromatic carbocycles. The first-order valence-corrected chi connectivity index (χ1v) is 20.7. The fraction of sp³-hybridized carbons (Fsp3) is 0.739. The zero-order valence-electron chi connectivity index (χ0n) is 33.4. The number of alkyl halides is 2. The van der Waals surface area contributed by atoms with E-state index in [-0.39, 0.29) is 63.7 Å². The highest BCUT2D eigenvalue weighted by molar-refractivity contribution is 6.02. The molecule has 0 bridgehead atoms. The molecule has 8 aliphatic rings. The van der Waals surface area contributed by atoms with Gasteiger partial charge in [-0.2, -0.15) is 0 Å². The molecule has 0 radical (unpaired) electrons. The van der Waals surface area contributed by atoms with Crippen molar-refractivity contribution in [1.29, 1.82) is 0 Å². The van der Waals surface area contributed by atoms with Crippen molar-refractivity contribution in [3.8, 4) is 0 Å². The van der Waals surface area contributed by atoms with Crippen molar-refractivity contribution in [1.82, 2.24) is 0 Å². The van der Waals surface area contributed by atoms with Crippen molar-refractivity contribution in [2.45, 2.75) is 149 Å². The van der Waals surface area contributed by atoms with Crippen LogP contribution in [0, 0.1) is 57.2 Å². The number of halogens is 2. The average molecular weight is 733 g/mol. The molecule has 0 N–H and O–H groups in total. The number of hydrogen-bond donors (Lipinski definition) is 0. The van der Waals surface area contributed by atoms with Crippen molar-refractivity contribution >= 4 is 23.1 Å². The number of methoxy groups -OCH3 is 1. The summed E-state index contributed by atoms with van der Waals surface area (Å²) >= 11 is 0. The lowest BCUT2D eigenvalue weighted by molar-refractivity contribution is -0.183. The Labute approximate surface area is 315 Å². The summed E-state index contributed by atoms with van der Waals surface area (Å²) in [7, 11) is 1.65. The van der Waals surface area contributed by atoms with Crippen molar-refractivity contribution in [3.63, 3.8) is 0 Å². The van der Waals surface area contributed by atoms with E-state index in [4.69, 9.17) is 4.74 Å². The highest BCUT2D eigenvalue weighted by atomic mass is 19.1. The number of fused-ring (bicyclic) bond motifs is 10. The van der Waals surface area contributed by atoms with Gasteiger partial charge in [0.1, 0.15) is 22.7 Å². The fourth-order valence-electron chi connectivity index (χ4n) is 14.8. The first-order valence-electron chi connectivity index (χ1n) is 20.7. The fourth-order valence-corrected chi connectivity index (χ4v) is 14.8. The van der Waals surface area contributed by atoms with Gasteiger partial charge in [0.15, 0.2) is 17.3 Å². The van der Waals surface area contributed by atoms with Crippen LogP contribution >= 0.6 is 0 Å². The molecule has 5 nitrogen and oxygen atoms in total. The molecule has 0 aliphatic heterocycles. The molecule has 0 spiro atoms. The molecular formula is C46H62F2O5. The molecular weight excluding hydrogens is 670 g/mol. The van der Waals surface area contributed by atoms with Crippen LogP contribution in [0.1, 0.15) is 132 Å². The molecule has 53 heavy (non-hydrogen) atoms. The predicted octanol–water partition coefficient (Wildman–Crippen LogP) is 9.98. The quantitative estimate of drug-likeness (QED) is 0.281. The molecule has 7 heteroatoms. The zero-order chi connectivity index (χ0) is 38.6. The molecule has 0 amide bonds. The molecule has 6 saturated carbocycles. The third-order valence-corrected chi connectivity index (χ3v) is 17.6. The molecule has 1 unspecified atom stereocenters. The number of Topliss-reactive ketones (excluding diaryl/α,β-unsaturated/α-hetero) is 2. The largest absolute Gasteiger partial charge is 0.370 e. The number of ether oxygens (including phenoxy) is 1. The van der Waals surface area contributed by atoms with Gasteiger partial charge in [0.2, 0.25) is 0 Å². The van der Waals surface area contributed by atoms with E-state index in [0.717, 1.165) is 62.5 Å². The molecule has 0 saturated heterocycles. The summed E-state index contributed by atoms with van der Waals surface area (Å²) in [4.78, 5) is 49.2.